The van der Waals surface area contributed by atoms with Gasteiger partial charge in [-0.25, -0.2) is 9.50 Å². The zero-order valence-electron chi connectivity index (χ0n) is 17.2. The largest absolute Gasteiger partial charge is 0.303 e. The number of likely N-dealkylation sites (tertiary alicyclic amines) is 2. The predicted octanol–water partition coefficient (Wildman–Crippen LogP) is 2.55. The second kappa shape index (κ2) is 7.06. The minimum atomic E-state index is 0.0188. The summed E-state index contributed by atoms with van der Waals surface area (Å²) in [5.41, 5.74) is 3.76. The van der Waals surface area contributed by atoms with E-state index in [0.29, 0.717) is 11.3 Å². The molecule has 0 aliphatic carbocycles. The second-order valence-corrected chi connectivity index (χ2v) is 9.40. The van der Waals surface area contributed by atoms with Crippen LogP contribution >= 0.6 is 0 Å². The minimum Gasteiger partial charge on any atom is -0.303 e. The van der Waals surface area contributed by atoms with Crippen LogP contribution in [0.5, 0.6) is 0 Å². The monoisotopic (exact) mass is 371 g/mol. The lowest BCUT2D eigenvalue weighted by Crippen LogP contribution is -2.40. The van der Waals surface area contributed by atoms with Gasteiger partial charge in [0.05, 0.1) is 0 Å². The van der Waals surface area contributed by atoms with E-state index < -0.39 is 0 Å². The molecule has 148 valence electrons. The molecule has 0 bridgehead atoms. The van der Waals surface area contributed by atoms with Gasteiger partial charge >= 0.3 is 0 Å². The van der Waals surface area contributed by atoms with Crippen LogP contribution in [0.1, 0.15) is 56.0 Å². The molecule has 4 heterocycles. The van der Waals surface area contributed by atoms with Gasteiger partial charge < -0.3 is 9.80 Å². The van der Waals surface area contributed by atoms with E-state index in [1.54, 1.807) is 4.52 Å². The Kier molecular flexibility index (Phi) is 4.89. The Labute approximate surface area is 161 Å². The lowest BCUT2D eigenvalue weighted by atomic mass is 9.92. The van der Waals surface area contributed by atoms with Crippen LogP contribution in [0.2, 0.25) is 0 Å². The molecule has 1 N–H and O–H groups in total. The van der Waals surface area contributed by atoms with Crippen LogP contribution in [-0.4, -0.2) is 63.7 Å². The fourth-order valence-electron chi connectivity index (χ4n) is 4.88. The van der Waals surface area contributed by atoms with Gasteiger partial charge in [-0.3, -0.25) is 9.89 Å². The first-order valence-corrected chi connectivity index (χ1v) is 10.4. The molecule has 2 fully saturated rings. The molecule has 27 heavy (non-hydrogen) atoms. The Morgan fingerprint density at radius 3 is 2.59 bits per heavy atom. The first-order valence-electron chi connectivity index (χ1n) is 10.4. The van der Waals surface area contributed by atoms with Crippen molar-refractivity contribution in [2.24, 2.45) is 5.41 Å². The van der Waals surface area contributed by atoms with E-state index in [2.05, 4.69) is 39.8 Å². The zero-order chi connectivity index (χ0) is 19.2. The lowest BCUT2D eigenvalue weighted by molar-refractivity contribution is 0.148. The second-order valence-electron chi connectivity index (χ2n) is 9.40. The van der Waals surface area contributed by atoms with Crippen molar-refractivity contribution >= 4 is 5.65 Å². The molecule has 1 unspecified atom stereocenters. The fraction of sp³-hybridized carbons (Fsp3) is 0.714. The van der Waals surface area contributed by atoms with Crippen molar-refractivity contribution in [3.63, 3.8) is 0 Å². The number of nitrogens with zero attached hydrogens (tertiary/aromatic N) is 4. The molecule has 6 heteroatoms. The van der Waals surface area contributed by atoms with Crippen LogP contribution in [-0.2, 0) is 0 Å². The van der Waals surface area contributed by atoms with Gasteiger partial charge in [0.15, 0.2) is 5.65 Å². The molecule has 0 saturated carbocycles. The first-order chi connectivity index (χ1) is 12.8. The Balaban J connectivity index is 1.44. The summed E-state index contributed by atoms with van der Waals surface area (Å²) >= 11 is 0. The smallest absolute Gasteiger partial charge is 0.275 e. The maximum atomic E-state index is 12.5. The molecule has 2 aromatic rings. The third-order valence-corrected chi connectivity index (χ3v) is 6.32. The van der Waals surface area contributed by atoms with Gasteiger partial charge in [0, 0.05) is 48.6 Å². The SMILES string of the molecule is Cc1nc2cc(C3CCN(CC(C)(C)CN4CCCC4)C3)[nH]n2c(=O)c1C. The average Bonchev–Trinajstić information content (AvgIpc) is 3.32. The number of hydrogen-bond donors (Lipinski definition) is 1. The number of aromatic nitrogens is 3. The molecular weight excluding hydrogens is 338 g/mol. The van der Waals surface area contributed by atoms with E-state index in [9.17, 15) is 4.79 Å². The number of hydrogen-bond acceptors (Lipinski definition) is 4. The van der Waals surface area contributed by atoms with Crippen molar-refractivity contribution in [2.75, 3.05) is 39.3 Å². The van der Waals surface area contributed by atoms with Crippen molar-refractivity contribution in [1.82, 2.24) is 24.4 Å². The summed E-state index contributed by atoms with van der Waals surface area (Å²) in [6, 6.07) is 2.07. The Hall–Kier alpha value is -1.66. The third kappa shape index (κ3) is 3.83. The maximum absolute atomic E-state index is 12.5. The van der Waals surface area contributed by atoms with Gasteiger partial charge in [0.25, 0.3) is 5.56 Å². The number of aromatic amines is 1. The van der Waals surface area contributed by atoms with Gasteiger partial charge in [-0.05, 0) is 58.2 Å². The summed E-state index contributed by atoms with van der Waals surface area (Å²) < 4.78 is 1.61. The van der Waals surface area contributed by atoms with Crippen LogP contribution in [0.3, 0.4) is 0 Å². The molecule has 6 nitrogen and oxygen atoms in total. The summed E-state index contributed by atoms with van der Waals surface area (Å²) in [7, 11) is 0. The minimum absolute atomic E-state index is 0.0188. The number of H-pyrrole nitrogens is 1. The maximum Gasteiger partial charge on any atom is 0.275 e. The topological polar surface area (TPSA) is 56.6 Å². The van der Waals surface area contributed by atoms with Gasteiger partial charge in [-0.2, -0.15) is 0 Å². The summed E-state index contributed by atoms with van der Waals surface area (Å²) in [4.78, 5) is 22.3. The number of aryl methyl sites for hydroxylation is 1. The van der Waals surface area contributed by atoms with E-state index >= 15 is 0 Å². The number of nitrogens with one attached hydrogen (secondary N) is 1. The third-order valence-electron chi connectivity index (χ3n) is 6.32. The van der Waals surface area contributed by atoms with E-state index in [4.69, 9.17) is 0 Å². The van der Waals surface area contributed by atoms with Crippen molar-refractivity contribution in [1.29, 1.82) is 0 Å². The molecule has 0 aromatic carbocycles. The quantitative estimate of drug-likeness (QED) is 0.878. The van der Waals surface area contributed by atoms with Crippen LogP contribution in [0.4, 0.5) is 0 Å². The highest BCUT2D eigenvalue weighted by molar-refractivity contribution is 5.42. The highest BCUT2D eigenvalue weighted by Crippen LogP contribution is 2.30. The van der Waals surface area contributed by atoms with E-state index in [0.717, 1.165) is 48.7 Å². The Morgan fingerprint density at radius 2 is 1.85 bits per heavy atom. The van der Waals surface area contributed by atoms with E-state index in [1.807, 2.05) is 13.8 Å². The van der Waals surface area contributed by atoms with Gasteiger partial charge in [0.1, 0.15) is 0 Å². The molecule has 2 aromatic heterocycles. The molecule has 1 atom stereocenters. The summed E-state index contributed by atoms with van der Waals surface area (Å²) in [5.74, 6) is 0.453. The molecule has 2 saturated heterocycles. The summed E-state index contributed by atoms with van der Waals surface area (Å²) in [5, 5.41) is 3.32. The van der Waals surface area contributed by atoms with Crippen LogP contribution in [0, 0.1) is 19.3 Å². The highest BCUT2D eigenvalue weighted by Gasteiger charge is 2.31. The number of rotatable bonds is 5. The first kappa shape index (κ1) is 18.7. The van der Waals surface area contributed by atoms with Gasteiger partial charge in [-0.15, -0.1) is 0 Å². The standard InChI is InChI=1S/C21H33N5O/c1-15-16(2)22-19-11-18(23-26(19)20(15)27)17-7-10-25(12-17)14-21(3,4)13-24-8-5-6-9-24/h11,17,23H,5-10,12-14H2,1-4H3. The van der Waals surface area contributed by atoms with Crippen LogP contribution < -0.4 is 5.56 Å². The average molecular weight is 372 g/mol. The molecule has 4 rings (SSSR count). The molecule has 0 spiro atoms. The van der Waals surface area contributed by atoms with Crippen molar-refractivity contribution in [3.8, 4) is 0 Å². The molecule has 0 radical (unpaired) electrons. The summed E-state index contributed by atoms with van der Waals surface area (Å²) in [6.45, 7) is 15.6. The predicted molar refractivity (Wildman–Crippen MR) is 109 cm³/mol. The van der Waals surface area contributed by atoms with Crippen molar-refractivity contribution in [2.45, 2.75) is 52.9 Å². The zero-order valence-corrected chi connectivity index (χ0v) is 17.2. The normalized spacial score (nSPS) is 22.3. The Morgan fingerprint density at radius 1 is 1.15 bits per heavy atom. The lowest BCUT2D eigenvalue weighted by Gasteiger charge is -2.34. The van der Waals surface area contributed by atoms with Crippen molar-refractivity contribution < 1.29 is 0 Å². The number of fused-ring (bicyclic) bond motifs is 1. The molecule has 0 amide bonds. The van der Waals surface area contributed by atoms with E-state index in [-0.39, 0.29) is 5.56 Å². The Bertz CT molecular complexity index is 875. The fourth-order valence-corrected chi connectivity index (χ4v) is 4.88. The molecular formula is C21H33N5O. The highest BCUT2D eigenvalue weighted by atomic mass is 16.1. The summed E-state index contributed by atoms with van der Waals surface area (Å²) in [6.07, 6.45) is 3.85. The molecule has 2 aliphatic rings. The van der Waals surface area contributed by atoms with Gasteiger partial charge in [-0.1, -0.05) is 13.8 Å². The van der Waals surface area contributed by atoms with Crippen LogP contribution in [0.15, 0.2) is 10.9 Å². The van der Waals surface area contributed by atoms with E-state index in [1.165, 1.54) is 32.5 Å². The van der Waals surface area contributed by atoms with Gasteiger partial charge in [0.2, 0.25) is 0 Å². The van der Waals surface area contributed by atoms with Crippen LogP contribution in [0.25, 0.3) is 5.65 Å². The van der Waals surface area contributed by atoms with Crippen molar-refractivity contribution in [3.05, 3.63) is 33.4 Å². The molecule has 2 aliphatic heterocycles.